The largest absolute Gasteiger partial charge is 0.459 e. The van der Waals surface area contributed by atoms with Crippen LogP contribution in [-0.2, 0) is 28.7 Å². The van der Waals surface area contributed by atoms with Gasteiger partial charge in [-0.15, -0.1) is 0 Å². The van der Waals surface area contributed by atoms with Gasteiger partial charge in [0, 0.05) is 0 Å². The van der Waals surface area contributed by atoms with Crippen molar-refractivity contribution in [3.63, 3.8) is 0 Å². The number of carbonyl (C=O) groups is 5. The second-order valence-electron chi connectivity index (χ2n) is 4.67. The molecule has 0 bridgehead atoms. The van der Waals surface area contributed by atoms with Gasteiger partial charge in [0.25, 0.3) is 11.6 Å². The molecule has 0 heterocycles. The number of hydrogen-bond donors (Lipinski definition) is 0. The highest BCUT2D eigenvalue weighted by molar-refractivity contribution is 6.75. The lowest BCUT2D eigenvalue weighted by Crippen LogP contribution is -2.39. The molecule has 0 radical (unpaired) electrons. The minimum Gasteiger partial charge on any atom is -0.459 e. The summed E-state index contributed by atoms with van der Waals surface area (Å²) in [6, 6.07) is 0. The minimum absolute atomic E-state index is 0.0232. The molecule has 6 nitrogen and oxygen atoms in total. The van der Waals surface area contributed by atoms with Crippen molar-refractivity contribution in [3.8, 4) is 0 Å². The third-order valence-electron chi connectivity index (χ3n) is 2.79. The normalized spacial score (nSPS) is 12.4. The lowest BCUT2D eigenvalue weighted by atomic mass is 9.96. The molecule has 6 heteroatoms. The predicted molar refractivity (Wildman–Crippen MR) is 65.3 cm³/mol. The average Bonchev–Trinajstić information content (AvgIpc) is 2.36. The van der Waals surface area contributed by atoms with Crippen LogP contribution in [0.15, 0.2) is 0 Å². The van der Waals surface area contributed by atoms with Crippen LogP contribution in [0.25, 0.3) is 0 Å². The number of carbonyl (C=O) groups excluding carboxylic acids is 5. The summed E-state index contributed by atoms with van der Waals surface area (Å²) in [5.41, 5.74) is -0.761. The van der Waals surface area contributed by atoms with E-state index in [-0.39, 0.29) is 12.7 Å². The molecule has 0 saturated heterocycles. The van der Waals surface area contributed by atoms with Crippen LogP contribution >= 0.6 is 0 Å². The van der Waals surface area contributed by atoms with Crippen molar-refractivity contribution in [1.82, 2.24) is 0 Å². The maximum atomic E-state index is 11.8. The van der Waals surface area contributed by atoms with Crippen LogP contribution in [-0.4, -0.2) is 35.2 Å². The average molecular weight is 270 g/mol. The lowest BCUT2D eigenvalue weighted by molar-refractivity contribution is -0.165. The molecule has 0 aliphatic heterocycles. The number of aldehydes is 1. The summed E-state index contributed by atoms with van der Waals surface area (Å²) in [5.74, 6) is -6.33. The van der Waals surface area contributed by atoms with Crippen molar-refractivity contribution >= 4 is 29.6 Å². The van der Waals surface area contributed by atoms with E-state index < -0.39 is 34.8 Å². The van der Waals surface area contributed by atoms with Crippen LogP contribution < -0.4 is 0 Å². The summed E-state index contributed by atoms with van der Waals surface area (Å²) in [6.45, 7) is 6.65. The summed E-state index contributed by atoms with van der Waals surface area (Å²) in [4.78, 5) is 55.8. The highest BCUT2D eigenvalue weighted by atomic mass is 16.6. The summed E-state index contributed by atoms with van der Waals surface area (Å²) in [6.07, 6.45) is 0.314. The molecule has 0 aromatic rings. The zero-order valence-corrected chi connectivity index (χ0v) is 11.5. The molecule has 1 atom stereocenters. The van der Waals surface area contributed by atoms with E-state index in [4.69, 9.17) is 4.74 Å². The van der Waals surface area contributed by atoms with Crippen LogP contribution in [0.4, 0.5) is 0 Å². The van der Waals surface area contributed by atoms with Gasteiger partial charge in [0.1, 0.15) is 11.5 Å². The van der Waals surface area contributed by atoms with E-state index in [0.29, 0.717) is 6.42 Å². The fourth-order valence-corrected chi connectivity index (χ4v) is 1.21. The van der Waals surface area contributed by atoms with Gasteiger partial charge in [-0.3, -0.25) is 24.0 Å². The number of Topliss-reactive ketones (excluding diaryl/α,β-unsaturated/α-hetero) is 3. The van der Waals surface area contributed by atoms with Gasteiger partial charge in [-0.2, -0.15) is 0 Å². The van der Waals surface area contributed by atoms with Gasteiger partial charge in [-0.1, -0.05) is 13.8 Å². The highest BCUT2D eigenvalue weighted by Crippen LogP contribution is 2.18. The van der Waals surface area contributed by atoms with Crippen molar-refractivity contribution < 1.29 is 28.7 Å². The van der Waals surface area contributed by atoms with Crippen LogP contribution in [0.1, 0.15) is 40.5 Å². The van der Waals surface area contributed by atoms with Crippen molar-refractivity contribution in [2.75, 3.05) is 0 Å². The minimum atomic E-state index is -1.48. The lowest BCUT2D eigenvalue weighted by Gasteiger charge is -2.25. The molecule has 0 aromatic carbocycles. The van der Waals surface area contributed by atoms with Crippen LogP contribution in [0.5, 0.6) is 0 Å². The number of rotatable bonds is 8. The Morgan fingerprint density at radius 1 is 1.16 bits per heavy atom. The van der Waals surface area contributed by atoms with Crippen molar-refractivity contribution in [3.05, 3.63) is 0 Å². The fourth-order valence-electron chi connectivity index (χ4n) is 1.21. The van der Waals surface area contributed by atoms with Gasteiger partial charge in [-0.25, -0.2) is 0 Å². The summed E-state index contributed by atoms with van der Waals surface area (Å²) in [7, 11) is 0. The maximum absolute atomic E-state index is 11.8. The highest BCUT2D eigenvalue weighted by Gasteiger charge is 2.36. The van der Waals surface area contributed by atoms with E-state index in [1.807, 2.05) is 0 Å². The number of esters is 1. The molecule has 106 valence electrons. The zero-order valence-electron chi connectivity index (χ0n) is 11.5. The second kappa shape index (κ2) is 6.92. The zero-order chi connectivity index (χ0) is 15.2. The van der Waals surface area contributed by atoms with Crippen molar-refractivity contribution in [1.29, 1.82) is 0 Å². The van der Waals surface area contributed by atoms with E-state index in [9.17, 15) is 24.0 Å². The third kappa shape index (κ3) is 4.73. The van der Waals surface area contributed by atoms with E-state index in [0.717, 1.165) is 0 Å². The number of ether oxygens (including phenoxy) is 1. The summed E-state index contributed by atoms with van der Waals surface area (Å²) < 4.78 is 5.11. The first-order valence-electron chi connectivity index (χ1n) is 6.00. The first-order valence-corrected chi connectivity index (χ1v) is 6.00. The Morgan fingerprint density at radius 2 is 1.68 bits per heavy atom. The quantitative estimate of drug-likeness (QED) is 0.278. The molecule has 19 heavy (non-hydrogen) atoms. The molecule has 0 N–H and O–H groups in total. The molecule has 0 saturated carbocycles. The van der Waals surface area contributed by atoms with E-state index >= 15 is 0 Å². The molecule has 0 aliphatic rings. The summed E-state index contributed by atoms with van der Waals surface area (Å²) in [5, 5.41) is 0. The van der Waals surface area contributed by atoms with Crippen molar-refractivity contribution in [2.45, 2.75) is 46.1 Å². The molecule has 0 aromatic heterocycles. The van der Waals surface area contributed by atoms with Gasteiger partial charge < -0.3 is 4.74 Å². The molecule has 0 aliphatic carbocycles. The molecule has 0 amide bonds. The van der Waals surface area contributed by atoms with Crippen molar-refractivity contribution in [2.24, 2.45) is 5.92 Å². The standard InChI is InChI=1S/C13H18O6/c1-5-8(10(16)11(17)9(15)7-14)12(18)19-13(3,4)6-2/h7-8H,5-6H2,1-4H3. The monoisotopic (exact) mass is 270 g/mol. The molecule has 0 spiro atoms. The van der Waals surface area contributed by atoms with Gasteiger partial charge in [-0.05, 0) is 26.7 Å². The van der Waals surface area contributed by atoms with Gasteiger partial charge in [0.15, 0.2) is 6.29 Å². The third-order valence-corrected chi connectivity index (χ3v) is 2.79. The Kier molecular flexibility index (Phi) is 6.24. The number of hydrogen-bond acceptors (Lipinski definition) is 6. The Bertz CT molecular complexity index is 407. The molecule has 0 rings (SSSR count). The van der Waals surface area contributed by atoms with Crippen LogP contribution in [0.3, 0.4) is 0 Å². The van der Waals surface area contributed by atoms with Crippen LogP contribution in [0.2, 0.25) is 0 Å². The first kappa shape index (κ1) is 17.2. The van der Waals surface area contributed by atoms with E-state index in [1.165, 1.54) is 6.92 Å². The van der Waals surface area contributed by atoms with Gasteiger partial charge >= 0.3 is 5.97 Å². The van der Waals surface area contributed by atoms with Crippen LogP contribution in [0, 0.1) is 5.92 Å². The van der Waals surface area contributed by atoms with Gasteiger partial charge in [0.05, 0.1) is 0 Å². The van der Waals surface area contributed by atoms with E-state index in [2.05, 4.69) is 0 Å². The topological polar surface area (TPSA) is 94.6 Å². The smallest absolute Gasteiger partial charge is 0.317 e. The predicted octanol–water partition coefficient (Wildman–Crippen LogP) is 0.651. The molecular weight excluding hydrogens is 252 g/mol. The van der Waals surface area contributed by atoms with E-state index in [1.54, 1.807) is 20.8 Å². The van der Waals surface area contributed by atoms with Gasteiger partial charge in [0.2, 0.25) is 5.78 Å². The SMILES string of the molecule is CCC(C(=O)OC(C)(C)CC)C(=O)C(=O)C(=O)C=O. The molecule has 0 fully saturated rings. The Balaban J connectivity index is 4.97. The second-order valence-corrected chi connectivity index (χ2v) is 4.67. The molecular formula is C13H18O6. The summed E-state index contributed by atoms with van der Waals surface area (Å²) >= 11 is 0. The Morgan fingerprint density at radius 3 is 2.05 bits per heavy atom. The first-order chi connectivity index (χ1) is 8.70. The maximum Gasteiger partial charge on any atom is 0.317 e. The number of ketones is 3. The fraction of sp³-hybridized carbons (Fsp3) is 0.615. The Labute approximate surface area is 111 Å². The molecule has 1 unspecified atom stereocenters. The Hall–Kier alpha value is -1.85.